The molecule has 112 valence electrons. The molecule has 21 heavy (non-hydrogen) atoms. The molecule has 2 rings (SSSR count). The largest absolute Gasteiger partial charge is 0.481 e. The van der Waals surface area contributed by atoms with Crippen LogP contribution in [0, 0.1) is 0 Å². The highest BCUT2D eigenvalue weighted by atomic mass is 32.2. The van der Waals surface area contributed by atoms with Crippen LogP contribution in [0.15, 0.2) is 29.4 Å². The summed E-state index contributed by atoms with van der Waals surface area (Å²) in [4.78, 5) is 17.0. The van der Waals surface area contributed by atoms with E-state index in [4.69, 9.17) is 5.11 Å². The van der Waals surface area contributed by atoms with Crippen LogP contribution >= 0.6 is 11.8 Å². The summed E-state index contributed by atoms with van der Waals surface area (Å²) in [7, 11) is 2.06. The number of thioether (sulfide) groups is 1. The summed E-state index contributed by atoms with van der Waals surface area (Å²) in [6.45, 7) is 3.16. The Bertz CT molecular complexity index is 597. The van der Waals surface area contributed by atoms with Crippen LogP contribution in [-0.2, 0) is 4.79 Å². The van der Waals surface area contributed by atoms with Crippen LogP contribution in [0.4, 0.5) is 5.69 Å². The molecule has 1 aromatic heterocycles. The maximum absolute atomic E-state index is 10.5. The standard InChI is InChI=1S/C14H18N4O2S/c1-3-8-18(2)11-6-4-10(5-7-11)13-15-14(17-16-13)21-9-12(19)20/h4-7H,3,8-9H2,1-2H3,(H,19,20)(H,15,16,17). The van der Waals surface area contributed by atoms with Crippen LogP contribution in [0.1, 0.15) is 13.3 Å². The van der Waals surface area contributed by atoms with Gasteiger partial charge in [-0.15, -0.1) is 5.10 Å². The van der Waals surface area contributed by atoms with Crippen molar-refractivity contribution in [3.8, 4) is 11.4 Å². The molecule has 0 saturated carbocycles. The fourth-order valence-corrected chi connectivity index (χ4v) is 2.42. The summed E-state index contributed by atoms with van der Waals surface area (Å²) in [5.41, 5.74) is 2.08. The molecule has 0 unspecified atom stereocenters. The van der Waals surface area contributed by atoms with Gasteiger partial charge in [0, 0.05) is 24.8 Å². The van der Waals surface area contributed by atoms with E-state index in [0.717, 1.165) is 36.0 Å². The number of benzene rings is 1. The van der Waals surface area contributed by atoms with Gasteiger partial charge in [0.25, 0.3) is 0 Å². The Morgan fingerprint density at radius 1 is 1.38 bits per heavy atom. The molecule has 0 bridgehead atoms. The smallest absolute Gasteiger partial charge is 0.313 e. The number of carbonyl (C=O) groups is 1. The molecule has 0 spiro atoms. The number of hydrogen-bond acceptors (Lipinski definition) is 5. The zero-order chi connectivity index (χ0) is 15.2. The van der Waals surface area contributed by atoms with Gasteiger partial charge in [0.15, 0.2) is 5.82 Å². The number of anilines is 1. The van der Waals surface area contributed by atoms with E-state index in [1.165, 1.54) is 0 Å². The quantitative estimate of drug-likeness (QED) is 0.765. The van der Waals surface area contributed by atoms with E-state index in [1.807, 2.05) is 24.3 Å². The van der Waals surface area contributed by atoms with E-state index in [1.54, 1.807) is 0 Å². The number of nitrogens with zero attached hydrogens (tertiary/aromatic N) is 3. The maximum Gasteiger partial charge on any atom is 0.313 e. The van der Waals surface area contributed by atoms with Crippen molar-refractivity contribution in [3.63, 3.8) is 0 Å². The van der Waals surface area contributed by atoms with E-state index in [0.29, 0.717) is 11.0 Å². The fourth-order valence-electron chi connectivity index (χ4n) is 1.90. The summed E-state index contributed by atoms with van der Waals surface area (Å²) < 4.78 is 0. The predicted octanol–water partition coefficient (Wildman–Crippen LogP) is 2.49. The van der Waals surface area contributed by atoms with E-state index in [-0.39, 0.29) is 5.75 Å². The first kappa shape index (κ1) is 15.4. The van der Waals surface area contributed by atoms with Gasteiger partial charge in [-0.3, -0.25) is 9.89 Å². The monoisotopic (exact) mass is 306 g/mol. The average molecular weight is 306 g/mol. The molecule has 1 aromatic carbocycles. The van der Waals surface area contributed by atoms with Gasteiger partial charge in [-0.05, 0) is 30.7 Å². The van der Waals surface area contributed by atoms with Gasteiger partial charge in [0.1, 0.15) is 0 Å². The molecule has 0 atom stereocenters. The lowest BCUT2D eigenvalue weighted by atomic mass is 10.2. The van der Waals surface area contributed by atoms with E-state index >= 15 is 0 Å². The van der Waals surface area contributed by atoms with Crippen molar-refractivity contribution in [2.75, 3.05) is 24.2 Å². The fraction of sp³-hybridized carbons (Fsp3) is 0.357. The minimum absolute atomic E-state index is 0.0436. The Morgan fingerprint density at radius 2 is 2.10 bits per heavy atom. The number of carboxylic acids is 1. The minimum atomic E-state index is -0.880. The molecule has 1 heterocycles. The second kappa shape index (κ2) is 7.12. The number of rotatable bonds is 7. The van der Waals surface area contributed by atoms with Crippen molar-refractivity contribution in [1.82, 2.24) is 15.2 Å². The topological polar surface area (TPSA) is 82.1 Å². The third-order valence-corrected chi connectivity index (χ3v) is 3.76. The summed E-state index contributed by atoms with van der Waals surface area (Å²) in [6.07, 6.45) is 1.10. The molecule has 0 aliphatic rings. The Kier molecular flexibility index (Phi) is 5.21. The van der Waals surface area contributed by atoms with Crippen LogP contribution in [0.25, 0.3) is 11.4 Å². The highest BCUT2D eigenvalue weighted by Crippen LogP contribution is 2.22. The second-order valence-corrected chi connectivity index (χ2v) is 5.56. The van der Waals surface area contributed by atoms with Gasteiger partial charge in [0.05, 0.1) is 5.75 Å². The highest BCUT2D eigenvalue weighted by molar-refractivity contribution is 7.99. The van der Waals surface area contributed by atoms with Crippen molar-refractivity contribution in [2.45, 2.75) is 18.5 Å². The van der Waals surface area contributed by atoms with Crippen LogP contribution in [0.3, 0.4) is 0 Å². The Morgan fingerprint density at radius 3 is 2.71 bits per heavy atom. The predicted molar refractivity (Wildman–Crippen MR) is 83.7 cm³/mol. The Hall–Kier alpha value is -2.02. The minimum Gasteiger partial charge on any atom is -0.481 e. The normalized spacial score (nSPS) is 10.6. The highest BCUT2D eigenvalue weighted by Gasteiger charge is 2.08. The molecular formula is C14H18N4O2S. The molecule has 0 saturated heterocycles. The zero-order valence-corrected chi connectivity index (χ0v) is 12.9. The summed E-state index contributed by atoms with van der Waals surface area (Å²) >= 11 is 1.10. The van der Waals surface area contributed by atoms with E-state index < -0.39 is 5.97 Å². The first-order valence-electron chi connectivity index (χ1n) is 6.68. The molecule has 0 radical (unpaired) electrons. The first-order valence-corrected chi connectivity index (χ1v) is 7.67. The van der Waals surface area contributed by atoms with Crippen LogP contribution in [-0.4, -0.2) is 45.6 Å². The molecule has 2 N–H and O–H groups in total. The van der Waals surface area contributed by atoms with Crippen molar-refractivity contribution >= 4 is 23.4 Å². The summed E-state index contributed by atoms with van der Waals surface area (Å²) in [6, 6.07) is 8.04. The number of aliphatic carboxylic acids is 1. The van der Waals surface area contributed by atoms with Crippen LogP contribution in [0.2, 0.25) is 0 Å². The second-order valence-electron chi connectivity index (χ2n) is 4.62. The lowest BCUT2D eigenvalue weighted by molar-refractivity contribution is -0.133. The number of hydrogen-bond donors (Lipinski definition) is 2. The van der Waals surface area contributed by atoms with Crippen LogP contribution < -0.4 is 4.90 Å². The van der Waals surface area contributed by atoms with Gasteiger partial charge in [-0.2, -0.15) is 0 Å². The molecule has 7 heteroatoms. The van der Waals surface area contributed by atoms with Gasteiger partial charge in [-0.1, -0.05) is 18.7 Å². The number of H-pyrrole nitrogens is 1. The molecule has 2 aromatic rings. The zero-order valence-electron chi connectivity index (χ0n) is 12.0. The van der Waals surface area contributed by atoms with E-state index in [9.17, 15) is 4.79 Å². The molecule has 0 aliphatic carbocycles. The van der Waals surface area contributed by atoms with Crippen molar-refractivity contribution in [2.24, 2.45) is 0 Å². The Labute approximate surface area is 127 Å². The average Bonchev–Trinajstić information content (AvgIpc) is 2.94. The molecule has 0 amide bonds. The SMILES string of the molecule is CCCN(C)c1ccc(-c2nc(SCC(=O)O)n[nH]2)cc1. The van der Waals surface area contributed by atoms with Crippen LogP contribution in [0.5, 0.6) is 0 Å². The lowest BCUT2D eigenvalue weighted by Gasteiger charge is -2.18. The number of aromatic amines is 1. The summed E-state index contributed by atoms with van der Waals surface area (Å²) in [5, 5.41) is 15.9. The first-order chi connectivity index (χ1) is 10.1. The summed E-state index contributed by atoms with van der Waals surface area (Å²) in [5.74, 6) is -0.278. The van der Waals surface area contributed by atoms with Crippen molar-refractivity contribution in [1.29, 1.82) is 0 Å². The number of aromatic nitrogens is 3. The molecule has 6 nitrogen and oxygen atoms in total. The Balaban J connectivity index is 2.06. The molecule has 0 fully saturated rings. The van der Waals surface area contributed by atoms with Crippen molar-refractivity contribution < 1.29 is 9.90 Å². The van der Waals surface area contributed by atoms with E-state index in [2.05, 4.69) is 34.1 Å². The van der Waals surface area contributed by atoms with Gasteiger partial charge in [0.2, 0.25) is 5.16 Å². The lowest BCUT2D eigenvalue weighted by Crippen LogP contribution is -2.17. The van der Waals surface area contributed by atoms with Gasteiger partial charge >= 0.3 is 5.97 Å². The molecular weight excluding hydrogens is 288 g/mol. The third kappa shape index (κ3) is 4.22. The molecule has 0 aliphatic heterocycles. The number of carboxylic acid groups (broad SMARTS) is 1. The van der Waals surface area contributed by atoms with Gasteiger partial charge < -0.3 is 10.0 Å². The number of nitrogens with one attached hydrogen (secondary N) is 1. The van der Waals surface area contributed by atoms with Crippen molar-refractivity contribution in [3.05, 3.63) is 24.3 Å². The maximum atomic E-state index is 10.5. The third-order valence-electron chi connectivity index (χ3n) is 2.93. The van der Waals surface area contributed by atoms with Gasteiger partial charge in [-0.25, -0.2) is 4.98 Å².